The summed E-state index contributed by atoms with van der Waals surface area (Å²) in [5.74, 6) is 0.0572. The molecule has 21 heavy (non-hydrogen) atoms. The second-order valence-electron chi connectivity index (χ2n) is 6.28. The topological polar surface area (TPSA) is 52.6 Å². The molecule has 2 heterocycles. The highest BCUT2D eigenvalue weighted by Gasteiger charge is 2.37. The highest BCUT2D eigenvalue weighted by molar-refractivity contribution is 5.97. The van der Waals surface area contributed by atoms with Gasteiger partial charge in [0.2, 0.25) is 0 Å². The van der Waals surface area contributed by atoms with Crippen molar-refractivity contribution < 1.29 is 9.90 Å². The minimum absolute atomic E-state index is 0.0266. The first-order valence-corrected chi connectivity index (χ1v) is 8.04. The van der Waals surface area contributed by atoms with Crippen molar-refractivity contribution in [1.29, 1.82) is 0 Å². The number of benzene rings is 1. The maximum absolute atomic E-state index is 12.8. The van der Waals surface area contributed by atoms with E-state index in [0.29, 0.717) is 23.7 Å². The Morgan fingerprint density at radius 3 is 2.57 bits per heavy atom. The fourth-order valence-electron chi connectivity index (χ4n) is 3.78. The van der Waals surface area contributed by atoms with Crippen molar-refractivity contribution >= 4 is 5.91 Å². The summed E-state index contributed by atoms with van der Waals surface area (Å²) >= 11 is 0. The van der Waals surface area contributed by atoms with Crippen LogP contribution < -0.4 is 5.32 Å². The Morgan fingerprint density at radius 2 is 1.95 bits per heavy atom. The average molecular weight is 288 g/mol. The lowest BCUT2D eigenvalue weighted by atomic mass is 9.97. The Balaban J connectivity index is 1.81. The summed E-state index contributed by atoms with van der Waals surface area (Å²) in [5, 5.41) is 13.6. The average Bonchev–Trinajstić information content (AvgIpc) is 2.83. The molecular weight excluding hydrogens is 264 g/mol. The van der Waals surface area contributed by atoms with Gasteiger partial charge in [-0.15, -0.1) is 0 Å². The number of phenols is 1. The molecule has 0 radical (unpaired) electrons. The van der Waals surface area contributed by atoms with E-state index in [1.54, 1.807) is 18.2 Å². The number of carbonyl (C=O) groups excluding carboxylic acids is 1. The number of phenolic OH excluding ortho intramolecular Hbond substituents is 1. The van der Waals surface area contributed by atoms with Gasteiger partial charge < -0.3 is 15.3 Å². The smallest absolute Gasteiger partial charge is 0.257 e. The zero-order valence-electron chi connectivity index (χ0n) is 12.6. The van der Waals surface area contributed by atoms with E-state index in [1.165, 1.54) is 12.8 Å². The third-order valence-corrected chi connectivity index (χ3v) is 4.75. The summed E-state index contributed by atoms with van der Waals surface area (Å²) in [7, 11) is 0. The standard InChI is InChI=1S/C17H24N2O2/c1-2-9-19(14-10-12-7-8-13(11-14)18-12)17(21)15-5-3-4-6-16(15)20/h3-6,12-14,18,20H,2,7-11H2,1H3. The van der Waals surface area contributed by atoms with E-state index in [0.717, 1.165) is 25.8 Å². The monoisotopic (exact) mass is 288 g/mol. The molecule has 2 fully saturated rings. The number of piperidine rings is 1. The third-order valence-electron chi connectivity index (χ3n) is 4.75. The summed E-state index contributed by atoms with van der Waals surface area (Å²) in [5.41, 5.74) is 0.428. The van der Waals surface area contributed by atoms with Gasteiger partial charge in [-0.25, -0.2) is 0 Å². The second-order valence-corrected chi connectivity index (χ2v) is 6.28. The number of hydrogen-bond acceptors (Lipinski definition) is 3. The molecule has 1 aromatic rings. The molecule has 114 valence electrons. The molecule has 1 amide bonds. The van der Waals surface area contributed by atoms with E-state index < -0.39 is 0 Å². The van der Waals surface area contributed by atoms with E-state index >= 15 is 0 Å². The fourth-order valence-corrected chi connectivity index (χ4v) is 3.78. The Labute approximate surface area is 126 Å². The number of nitrogens with zero attached hydrogens (tertiary/aromatic N) is 1. The van der Waals surface area contributed by atoms with Crippen LogP contribution in [0.5, 0.6) is 5.75 Å². The van der Waals surface area contributed by atoms with Crippen molar-refractivity contribution in [3.8, 4) is 5.75 Å². The first kappa shape index (κ1) is 14.4. The van der Waals surface area contributed by atoms with Crippen molar-refractivity contribution in [1.82, 2.24) is 10.2 Å². The number of nitrogens with one attached hydrogen (secondary N) is 1. The predicted octanol–water partition coefficient (Wildman–Crippen LogP) is 2.53. The van der Waals surface area contributed by atoms with Crippen molar-refractivity contribution in [2.45, 2.75) is 57.2 Å². The molecule has 0 spiro atoms. The van der Waals surface area contributed by atoms with Crippen LogP contribution in [0.1, 0.15) is 49.4 Å². The molecule has 4 nitrogen and oxygen atoms in total. The van der Waals surface area contributed by atoms with Crippen LogP contribution in [0.15, 0.2) is 24.3 Å². The van der Waals surface area contributed by atoms with Crippen LogP contribution in [0.4, 0.5) is 0 Å². The van der Waals surface area contributed by atoms with E-state index in [9.17, 15) is 9.90 Å². The summed E-state index contributed by atoms with van der Waals surface area (Å²) in [6.45, 7) is 2.86. The quantitative estimate of drug-likeness (QED) is 0.895. The van der Waals surface area contributed by atoms with Gasteiger partial charge in [0.15, 0.2) is 0 Å². The van der Waals surface area contributed by atoms with E-state index in [2.05, 4.69) is 12.2 Å². The molecule has 2 unspecified atom stereocenters. The molecule has 2 saturated heterocycles. The minimum atomic E-state index is -0.0266. The van der Waals surface area contributed by atoms with Crippen LogP contribution in [0, 0.1) is 0 Å². The van der Waals surface area contributed by atoms with Gasteiger partial charge in [-0.05, 0) is 44.2 Å². The number of rotatable bonds is 4. The number of hydrogen-bond donors (Lipinski definition) is 2. The van der Waals surface area contributed by atoms with Crippen LogP contribution in [0.2, 0.25) is 0 Å². The minimum Gasteiger partial charge on any atom is -0.507 e. The van der Waals surface area contributed by atoms with Gasteiger partial charge in [0.1, 0.15) is 5.75 Å². The molecule has 1 aromatic carbocycles. The van der Waals surface area contributed by atoms with Gasteiger partial charge >= 0.3 is 0 Å². The van der Waals surface area contributed by atoms with Crippen LogP contribution in [0.3, 0.4) is 0 Å². The number of carbonyl (C=O) groups is 1. The Bertz CT molecular complexity index is 505. The van der Waals surface area contributed by atoms with Crippen molar-refractivity contribution in [2.24, 2.45) is 0 Å². The zero-order valence-corrected chi connectivity index (χ0v) is 12.6. The molecule has 2 atom stereocenters. The lowest BCUT2D eigenvalue weighted by Crippen LogP contribution is -2.50. The number of fused-ring (bicyclic) bond motifs is 2. The highest BCUT2D eigenvalue weighted by atomic mass is 16.3. The summed E-state index contributed by atoms with van der Waals surface area (Å²) in [6.07, 6.45) is 5.47. The number of para-hydroxylation sites is 1. The Morgan fingerprint density at radius 1 is 1.29 bits per heavy atom. The summed E-state index contributed by atoms with van der Waals surface area (Å²) in [6, 6.07) is 8.29. The van der Waals surface area contributed by atoms with Gasteiger partial charge in [0, 0.05) is 24.7 Å². The SMILES string of the molecule is CCCN(C(=O)c1ccccc1O)C1CC2CCC(C1)N2. The first-order chi connectivity index (χ1) is 10.2. The molecule has 0 saturated carbocycles. The first-order valence-electron chi connectivity index (χ1n) is 8.04. The van der Waals surface area contributed by atoms with Crippen LogP contribution >= 0.6 is 0 Å². The van der Waals surface area contributed by atoms with Gasteiger partial charge in [0.05, 0.1) is 5.56 Å². The maximum Gasteiger partial charge on any atom is 0.257 e. The van der Waals surface area contributed by atoms with Gasteiger partial charge in [0.25, 0.3) is 5.91 Å². The fraction of sp³-hybridized carbons (Fsp3) is 0.588. The van der Waals surface area contributed by atoms with Crippen molar-refractivity contribution in [2.75, 3.05) is 6.54 Å². The Hall–Kier alpha value is -1.55. The van der Waals surface area contributed by atoms with E-state index in [1.807, 2.05) is 11.0 Å². The molecule has 2 aliphatic rings. The number of aromatic hydroxyl groups is 1. The van der Waals surface area contributed by atoms with Gasteiger partial charge in [-0.2, -0.15) is 0 Å². The molecule has 2 N–H and O–H groups in total. The van der Waals surface area contributed by atoms with E-state index in [4.69, 9.17) is 0 Å². The van der Waals surface area contributed by atoms with Crippen LogP contribution in [-0.4, -0.2) is 40.6 Å². The molecule has 0 aromatic heterocycles. The maximum atomic E-state index is 12.8. The number of amides is 1. The molecular formula is C17H24N2O2. The molecule has 2 aliphatic heterocycles. The van der Waals surface area contributed by atoms with Gasteiger partial charge in [-0.1, -0.05) is 19.1 Å². The third kappa shape index (κ3) is 2.91. The Kier molecular flexibility index (Phi) is 4.15. The second kappa shape index (κ2) is 6.06. The van der Waals surface area contributed by atoms with E-state index in [-0.39, 0.29) is 11.7 Å². The van der Waals surface area contributed by atoms with Crippen LogP contribution in [-0.2, 0) is 0 Å². The zero-order chi connectivity index (χ0) is 14.8. The molecule has 4 heteroatoms. The molecule has 2 bridgehead atoms. The highest BCUT2D eigenvalue weighted by Crippen LogP contribution is 2.31. The molecule has 3 rings (SSSR count). The summed E-state index contributed by atoms with van der Waals surface area (Å²) in [4.78, 5) is 14.8. The normalized spacial score (nSPS) is 27.6. The van der Waals surface area contributed by atoms with Gasteiger partial charge in [-0.3, -0.25) is 4.79 Å². The predicted molar refractivity (Wildman–Crippen MR) is 82.4 cm³/mol. The van der Waals surface area contributed by atoms with Crippen molar-refractivity contribution in [3.05, 3.63) is 29.8 Å². The lowest BCUT2D eigenvalue weighted by Gasteiger charge is -2.38. The van der Waals surface area contributed by atoms with Crippen molar-refractivity contribution in [3.63, 3.8) is 0 Å². The largest absolute Gasteiger partial charge is 0.507 e. The summed E-state index contributed by atoms with van der Waals surface area (Å²) < 4.78 is 0. The van der Waals surface area contributed by atoms with Crippen LogP contribution in [0.25, 0.3) is 0 Å². The molecule has 0 aliphatic carbocycles. The lowest BCUT2D eigenvalue weighted by molar-refractivity contribution is 0.0614.